The van der Waals surface area contributed by atoms with Crippen molar-refractivity contribution in [1.29, 1.82) is 0 Å². The molecule has 11 heteroatoms. The van der Waals surface area contributed by atoms with Gasteiger partial charge in [0.15, 0.2) is 0 Å². The summed E-state index contributed by atoms with van der Waals surface area (Å²) < 4.78 is 65.5. The summed E-state index contributed by atoms with van der Waals surface area (Å²) in [7, 11) is -4.33. The molecular weight excluding hydrogens is 588 g/mol. The third-order valence-corrected chi connectivity index (χ3v) is 7.77. The van der Waals surface area contributed by atoms with E-state index in [2.05, 4.69) is 4.98 Å². The van der Waals surface area contributed by atoms with Crippen molar-refractivity contribution in [2.45, 2.75) is 30.8 Å². The fourth-order valence-electron chi connectivity index (χ4n) is 3.85. The summed E-state index contributed by atoms with van der Waals surface area (Å²) >= 11 is 5.94. The number of imidazole rings is 1. The van der Waals surface area contributed by atoms with Crippen molar-refractivity contribution in [3.8, 4) is 5.75 Å². The van der Waals surface area contributed by atoms with Crippen molar-refractivity contribution in [1.82, 2.24) is 9.55 Å². The molecule has 0 aliphatic heterocycles. The fraction of sp³-hybridized carbons (Fsp3) is 0.192. The van der Waals surface area contributed by atoms with Gasteiger partial charge in [0.25, 0.3) is 10.0 Å². The minimum absolute atomic E-state index is 0. The van der Waals surface area contributed by atoms with E-state index >= 15 is 0 Å². The predicted octanol–water partition coefficient (Wildman–Crippen LogP) is 6.82. The first-order valence-corrected chi connectivity index (χ1v) is 13.0. The summed E-state index contributed by atoms with van der Waals surface area (Å²) in [4.78, 5) is 3.90. The Kier molecular flexibility index (Phi) is 9.69. The highest BCUT2D eigenvalue weighted by molar-refractivity contribution is 8.93. The van der Waals surface area contributed by atoms with Crippen LogP contribution in [0.25, 0.3) is 0 Å². The molecule has 1 atom stereocenters. The van der Waals surface area contributed by atoms with Crippen LogP contribution >= 0.6 is 28.6 Å². The van der Waals surface area contributed by atoms with Crippen LogP contribution < -0.4 is 9.04 Å². The van der Waals surface area contributed by atoms with Gasteiger partial charge in [-0.2, -0.15) is 0 Å². The van der Waals surface area contributed by atoms with E-state index in [0.29, 0.717) is 35.9 Å². The van der Waals surface area contributed by atoms with Crippen molar-refractivity contribution in [3.63, 3.8) is 0 Å². The van der Waals surface area contributed by atoms with Gasteiger partial charge in [-0.15, -0.1) is 17.0 Å². The van der Waals surface area contributed by atoms with Crippen molar-refractivity contribution in [2.75, 3.05) is 10.9 Å². The Balaban J connectivity index is 0.00000380. The molecule has 0 N–H and O–H groups in total. The second-order valence-corrected chi connectivity index (χ2v) is 10.3. The quantitative estimate of drug-likeness (QED) is 0.185. The van der Waals surface area contributed by atoms with E-state index in [0.717, 1.165) is 22.5 Å². The molecule has 0 amide bonds. The lowest BCUT2D eigenvalue weighted by atomic mass is 10.1. The number of para-hydroxylation sites is 1. The maximum Gasteiger partial charge on any atom is 0.264 e. The molecular formula is C26H25BrClF2N3O3S. The van der Waals surface area contributed by atoms with Gasteiger partial charge in [-0.3, -0.25) is 4.31 Å². The van der Waals surface area contributed by atoms with Gasteiger partial charge >= 0.3 is 0 Å². The van der Waals surface area contributed by atoms with Gasteiger partial charge in [0.05, 0.1) is 29.6 Å². The Morgan fingerprint density at radius 3 is 2.51 bits per heavy atom. The van der Waals surface area contributed by atoms with Crippen LogP contribution in [0.3, 0.4) is 0 Å². The molecule has 0 bridgehead atoms. The summed E-state index contributed by atoms with van der Waals surface area (Å²) in [5.41, 5.74) is 0.0914. The van der Waals surface area contributed by atoms with Crippen LogP contribution in [0, 0.1) is 11.6 Å². The third kappa shape index (κ3) is 6.68. The Morgan fingerprint density at radius 1 is 1.08 bits per heavy atom. The number of rotatable bonds is 10. The molecule has 3 aromatic carbocycles. The van der Waals surface area contributed by atoms with Crippen LogP contribution in [0.1, 0.15) is 24.9 Å². The first-order chi connectivity index (χ1) is 17.3. The summed E-state index contributed by atoms with van der Waals surface area (Å²) in [5, 5.41) is 0.347. The number of aromatic nitrogens is 2. The topological polar surface area (TPSA) is 64.4 Å². The molecule has 0 aliphatic carbocycles. The van der Waals surface area contributed by atoms with Crippen LogP contribution in [0.4, 0.5) is 14.5 Å². The largest absolute Gasteiger partial charge is 0.493 e. The molecule has 0 saturated heterocycles. The van der Waals surface area contributed by atoms with Gasteiger partial charge in [-0.1, -0.05) is 29.8 Å². The van der Waals surface area contributed by atoms with Crippen LogP contribution in [-0.2, 0) is 16.6 Å². The van der Waals surface area contributed by atoms with Crippen LogP contribution in [0.2, 0.25) is 5.02 Å². The van der Waals surface area contributed by atoms with E-state index < -0.39 is 33.4 Å². The molecule has 6 nitrogen and oxygen atoms in total. The highest BCUT2D eigenvalue weighted by Gasteiger charge is 2.34. The van der Waals surface area contributed by atoms with Crippen molar-refractivity contribution in [3.05, 3.63) is 108 Å². The van der Waals surface area contributed by atoms with Gasteiger partial charge in [-0.05, 0) is 55.8 Å². The molecule has 4 rings (SSSR count). The average molecular weight is 613 g/mol. The first kappa shape index (κ1) is 28.6. The van der Waals surface area contributed by atoms with E-state index in [1.807, 2.05) is 10.8 Å². The van der Waals surface area contributed by atoms with E-state index in [1.165, 1.54) is 24.3 Å². The molecule has 1 aromatic heterocycles. The maximum atomic E-state index is 15.0. The minimum atomic E-state index is -4.33. The molecule has 0 spiro atoms. The van der Waals surface area contributed by atoms with Gasteiger partial charge in [0.2, 0.25) is 0 Å². The number of hydrogen-bond acceptors (Lipinski definition) is 4. The summed E-state index contributed by atoms with van der Waals surface area (Å²) in [6, 6.07) is 14.2. The van der Waals surface area contributed by atoms with Crippen LogP contribution in [0.15, 0.2) is 90.3 Å². The molecule has 0 saturated carbocycles. The summed E-state index contributed by atoms with van der Waals surface area (Å²) in [6.07, 6.45) is 5.94. The van der Waals surface area contributed by atoms with Crippen LogP contribution in [-0.4, -0.2) is 24.6 Å². The zero-order valence-corrected chi connectivity index (χ0v) is 23.1. The van der Waals surface area contributed by atoms with Gasteiger partial charge < -0.3 is 9.30 Å². The van der Waals surface area contributed by atoms with Crippen molar-refractivity contribution >= 4 is 44.3 Å². The van der Waals surface area contributed by atoms with Gasteiger partial charge in [-0.25, -0.2) is 22.2 Å². The highest BCUT2D eigenvalue weighted by atomic mass is 79.9. The predicted molar refractivity (Wildman–Crippen MR) is 145 cm³/mol. The first-order valence-electron chi connectivity index (χ1n) is 11.2. The van der Waals surface area contributed by atoms with Crippen molar-refractivity contribution < 1.29 is 21.9 Å². The smallest absolute Gasteiger partial charge is 0.264 e. The average Bonchev–Trinajstić information content (AvgIpc) is 3.38. The molecule has 4 aromatic rings. The van der Waals surface area contributed by atoms with Gasteiger partial charge in [0, 0.05) is 35.6 Å². The summed E-state index contributed by atoms with van der Waals surface area (Å²) in [5.74, 6) is -1.19. The molecule has 0 fully saturated rings. The van der Waals surface area contributed by atoms with E-state index in [4.69, 9.17) is 16.3 Å². The fourth-order valence-corrected chi connectivity index (χ4v) is 5.61. The second kappa shape index (κ2) is 12.5. The van der Waals surface area contributed by atoms with E-state index in [-0.39, 0.29) is 21.9 Å². The normalized spacial score (nSPS) is 12.0. The SMILES string of the molecule is Br.C[C@H](c1ccccc1OCCCn1ccnc1)N(c1cc(F)ccc1F)S(=O)(=O)c1ccc(Cl)cc1. The molecule has 1 heterocycles. The number of ether oxygens (including phenoxy) is 1. The number of aryl methyl sites for hydroxylation is 1. The maximum absolute atomic E-state index is 15.0. The zero-order chi connectivity index (χ0) is 25.7. The van der Waals surface area contributed by atoms with Gasteiger partial charge in [0.1, 0.15) is 17.4 Å². The lowest BCUT2D eigenvalue weighted by Crippen LogP contribution is -2.34. The molecule has 37 heavy (non-hydrogen) atoms. The standard InChI is InChI=1S/C26H24ClF2N3O3S.BrH/c1-19(23-5-2-3-6-26(23)35-16-4-14-31-15-13-30-18-31)32(25-17-21(28)9-12-24(25)29)36(33,34)22-10-7-20(27)8-11-22;/h2-3,5-13,15,17-19H,4,14,16H2,1H3;1H/t19-;/m1./s1. The Morgan fingerprint density at radius 2 is 1.81 bits per heavy atom. The molecule has 196 valence electrons. The number of anilines is 1. The lowest BCUT2D eigenvalue weighted by molar-refractivity contribution is 0.297. The van der Waals surface area contributed by atoms with Crippen LogP contribution in [0.5, 0.6) is 5.75 Å². The number of nitrogens with zero attached hydrogens (tertiary/aromatic N) is 3. The minimum Gasteiger partial charge on any atom is -0.493 e. The Labute approximate surface area is 230 Å². The summed E-state index contributed by atoms with van der Waals surface area (Å²) in [6.45, 7) is 2.66. The number of hydrogen-bond donors (Lipinski definition) is 0. The Bertz CT molecular complexity index is 1420. The van der Waals surface area contributed by atoms with E-state index in [1.54, 1.807) is 43.7 Å². The molecule has 0 unspecified atom stereocenters. The second-order valence-electron chi connectivity index (χ2n) is 8.07. The third-order valence-electron chi connectivity index (χ3n) is 5.61. The lowest BCUT2D eigenvalue weighted by Gasteiger charge is -2.32. The number of halogens is 4. The number of sulfonamides is 1. The Hall–Kier alpha value is -2.95. The monoisotopic (exact) mass is 611 g/mol. The van der Waals surface area contributed by atoms with E-state index in [9.17, 15) is 17.2 Å². The van der Waals surface area contributed by atoms with Crippen molar-refractivity contribution in [2.24, 2.45) is 0 Å². The molecule has 0 aliphatic rings. The highest BCUT2D eigenvalue weighted by Crippen LogP contribution is 2.38. The zero-order valence-electron chi connectivity index (χ0n) is 19.8. The number of benzene rings is 3. The molecule has 0 radical (unpaired) electrons.